The Kier molecular flexibility index (Phi) is 2.80. The Morgan fingerprint density at radius 2 is 2.24 bits per heavy atom. The number of hydrogen-bond donors (Lipinski definition) is 2. The minimum absolute atomic E-state index is 0.0213. The summed E-state index contributed by atoms with van der Waals surface area (Å²) < 4.78 is 26.0. The number of benzene rings is 1. The molecule has 0 radical (unpaired) electrons. The van der Waals surface area contributed by atoms with Crippen LogP contribution in [0.5, 0.6) is 0 Å². The smallest absolute Gasteiger partial charge is 0.264 e. The number of aromatic amines is 1. The van der Waals surface area contributed by atoms with Crippen molar-refractivity contribution in [2.45, 2.75) is 4.90 Å². The average Bonchev–Trinajstić information content (AvgIpc) is 2.81. The predicted molar refractivity (Wildman–Crippen MR) is 60.6 cm³/mol. The van der Waals surface area contributed by atoms with Gasteiger partial charge in [0, 0.05) is 12.4 Å². The monoisotopic (exact) mass is 248 g/mol. The van der Waals surface area contributed by atoms with Gasteiger partial charge in [-0.25, -0.2) is 18.1 Å². The summed E-state index contributed by atoms with van der Waals surface area (Å²) in [6.45, 7) is 0. The Bertz CT molecular complexity index is 656. The van der Waals surface area contributed by atoms with Crippen LogP contribution in [0.4, 0.5) is 5.95 Å². The third-order valence-electron chi connectivity index (χ3n) is 2.00. The Morgan fingerprint density at radius 1 is 1.41 bits per heavy atom. The largest absolute Gasteiger partial charge is 0.330 e. The summed E-state index contributed by atoms with van der Waals surface area (Å²) >= 11 is 0. The standard InChI is InChI=1S/C10H8N4O2S/c11-7-8-2-1-3-9(6-8)17(15,16)14-10-12-4-5-13-10/h1-6H,(H2,12,13,14). The molecule has 2 rings (SSSR count). The van der Waals surface area contributed by atoms with Gasteiger partial charge in [0.15, 0.2) is 0 Å². The molecule has 0 saturated carbocycles. The van der Waals surface area contributed by atoms with Crippen LogP contribution in [0.3, 0.4) is 0 Å². The van der Waals surface area contributed by atoms with Crippen molar-refractivity contribution in [3.63, 3.8) is 0 Å². The van der Waals surface area contributed by atoms with E-state index in [1.807, 2.05) is 6.07 Å². The van der Waals surface area contributed by atoms with Gasteiger partial charge in [0.2, 0.25) is 5.95 Å². The second kappa shape index (κ2) is 4.27. The maximum absolute atomic E-state index is 11.9. The average molecular weight is 248 g/mol. The topological polar surface area (TPSA) is 98.6 Å². The van der Waals surface area contributed by atoms with Crippen molar-refractivity contribution in [2.24, 2.45) is 0 Å². The highest BCUT2D eigenvalue weighted by molar-refractivity contribution is 7.92. The van der Waals surface area contributed by atoms with Crippen molar-refractivity contribution in [3.8, 4) is 6.07 Å². The summed E-state index contributed by atoms with van der Waals surface area (Å²) in [5, 5.41) is 8.70. The highest BCUT2D eigenvalue weighted by Crippen LogP contribution is 2.14. The molecule has 0 spiro atoms. The van der Waals surface area contributed by atoms with Gasteiger partial charge in [-0.05, 0) is 18.2 Å². The molecule has 2 aromatic rings. The molecule has 1 aromatic heterocycles. The fourth-order valence-electron chi connectivity index (χ4n) is 1.24. The van der Waals surface area contributed by atoms with Crippen LogP contribution in [0.15, 0.2) is 41.6 Å². The zero-order valence-corrected chi connectivity index (χ0v) is 9.40. The molecule has 86 valence electrons. The Morgan fingerprint density at radius 3 is 2.88 bits per heavy atom. The van der Waals surface area contributed by atoms with Gasteiger partial charge in [0.25, 0.3) is 10.0 Å². The van der Waals surface area contributed by atoms with Crippen LogP contribution in [0.1, 0.15) is 5.56 Å². The van der Waals surface area contributed by atoms with Crippen LogP contribution in [0, 0.1) is 11.3 Å². The van der Waals surface area contributed by atoms with Crippen LogP contribution in [0.25, 0.3) is 0 Å². The van der Waals surface area contributed by atoms with Crippen LogP contribution in [-0.2, 0) is 10.0 Å². The lowest BCUT2D eigenvalue weighted by Crippen LogP contribution is -2.13. The van der Waals surface area contributed by atoms with Crippen molar-refractivity contribution in [3.05, 3.63) is 42.2 Å². The number of nitriles is 1. The van der Waals surface area contributed by atoms with Crippen LogP contribution in [0.2, 0.25) is 0 Å². The number of aromatic nitrogens is 2. The van der Waals surface area contributed by atoms with Crippen molar-refractivity contribution in [1.29, 1.82) is 5.26 Å². The Balaban J connectivity index is 2.35. The summed E-state index contributed by atoms with van der Waals surface area (Å²) in [7, 11) is -3.71. The van der Waals surface area contributed by atoms with Crippen molar-refractivity contribution in [1.82, 2.24) is 9.97 Å². The fourth-order valence-corrected chi connectivity index (χ4v) is 2.26. The molecule has 0 aliphatic carbocycles. The summed E-state index contributed by atoms with van der Waals surface area (Å²) in [5.41, 5.74) is 0.285. The zero-order chi connectivity index (χ0) is 12.3. The molecule has 2 N–H and O–H groups in total. The summed E-state index contributed by atoms with van der Waals surface area (Å²) in [5.74, 6) is 0.132. The second-order valence-corrected chi connectivity index (χ2v) is 4.87. The van der Waals surface area contributed by atoms with Gasteiger partial charge < -0.3 is 4.98 Å². The number of imidazole rings is 1. The molecule has 0 fully saturated rings. The number of nitrogens with one attached hydrogen (secondary N) is 2. The van der Waals surface area contributed by atoms with E-state index in [0.717, 1.165) is 0 Å². The molecule has 0 aliphatic heterocycles. The zero-order valence-electron chi connectivity index (χ0n) is 8.58. The lowest BCUT2D eigenvalue weighted by Gasteiger charge is -2.05. The number of anilines is 1. The Labute approximate surface area is 98.0 Å². The second-order valence-electron chi connectivity index (χ2n) is 3.18. The van der Waals surface area contributed by atoms with E-state index in [9.17, 15) is 8.42 Å². The molecule has 1 heterocycles. The van der Waals surface area contributed by atoms with E-state index < -0.39 is 10.0 Å². The quantitative estimate of drug-likeness (QED) is 0.849. The van der Waals surface area contributed by atoms with Gasteiger partial charge in [-0.1, -0.05) is 6.07 Å². The maximum atomic E-state index is 11.9. The summed E-state index contributed by atoms with van der Waals surface area (Å²) in [6, 6.07) is 7.63. The highest BCUT2D eigenvalue weighted by Gasteiger charge is 2.15. The first-order valence-corrected chi connectivity index (χ1v) is 6.12. The van der Waals surface area contributed by atoms with E-state index in [4.69, 9.17) is 5.26 Å². The maximum Gasteiger partial charge on any atom is 0.264 e. The van der Waals surface area contributed by atoms with Gasteiger partial charge in [0.05, 0.1) is 16.5 Å². The van der Waals surface area contributed by atoms with Gasteiger partial charge >= 0.3 is 0 Å². The minimum Gasteiger partial charge on any atom is -0.330 e. The lowest BCUT2D eigenvalue weighted by atomic mass is 10.2. The lowest BCUT2D eigenvalue weighted by molar-refractivity contribution is 0.601. The van der Waals surface area contributed by atoms with Gasteiger partial charge in [-0.15, -0.1) is 0 Å². The number of hydrogen-bond acceptors (Lipinski definition) is 4. The predicted octanol–water partition coefficient (Wildman–Crippen LogP) is 1.08. The van der Waals surface area contributed by atoms with E-state index in [1.165, 1.54) is 36.7 Å². The first-order chi connectivity index (χ1) is 8.12. The molecule has 0 saturated heterocycles. The molecule has 0 amide bonds. The fraction of sp³-hybridized carbons (Fsp3) is 0. The van der Waals surface area contributed by atoms with Gasteiger partial charge in [0.1, 0.15) is 0 Å². The number of H-pyrrole nitrogens is 1. The highest BCUT2D eigenvalue weighted by atomic mass is 32.2. The molecule has 0 unspecified atom stereocenters. The van der Waals surface area contributed by atoms with Crippen molar-refractivity contribution in [2.75, 3.05) is 4.72 Å². The number of nitrogens with zero attached hydrogens (tertiary/aromatic N) is 2. The normalized spacial score (nSPS) is 10.8. The van der Waals surface area contributed by atoms with Crippen LogP contribution < -0.4 is 4.72 Å². The molecular formula is C10H8N4O2S. The van der Waals surface area contributed by atoms with Gasteiger partial charge in [-0.3, -0.25) is 0 Å². The molecule has 6 nitrogen and oxygen atoms in total. The molecule has 0 bridgehead atoms. The molecule has 1 aromatic carbocycles. The summed E-state index contributed by atoms with van der Waals surface area (Å²) in [4.78, 5) is 6.41. The first-order valence-electron chi connectivity index (χ1n) is 4.64. The molecule has 0 atom stereocenters. The first kappa shape index (κ1) is 11.2. The molecule has 7 heteroatoms. The third-order valence-corrected chi connectivity index (χ3v) is 3.34. The minimum atomic E-state index is -3.71. The van der Waals surface area contributed by atoms with E-state index in [2.05, 4.69) is 14.7 Å². The third kappa shape index (κ3) is 2.43. The van der Waals surface area contributed by atoms with Crippen molar-refractivity contribution < 1.29 is 8.42 Å². The SMILES string of the molecule is N#Cc1cccc(S(=O)(=O)Nc2ncc[nH]2)c1. The van der Waals surface area contributed by atoms with Crippen LogP contribution >= 0.6 is 0 Å². The van der Waals surface area contributed by atoms with Crippen molar-refractivity contribution >= 4 is 16.0 Å². The number of sulfonamides is 1. The Hall–Kier alpha value is -2.33. The molecular weight excluding hydrogens is 240 g/mol. The molecule has 17 heavy (non-hydrogen) atoms. The molecule has 0 aliphatic rings. The van der Waals surface area contributed by atoms with E-state index in [0.29, 0.717) is 0 Å². The van der Waals surface area contributed by atoms with E-state index in [1.54, 1.807) is 0 Å². The van der Waals surface area contributed by atoms with E-state index in [-0.39, 0.29) is 16.4 Å². The van der Waals surface area contributed by atoms with E-state index >= 15 is 0 Å². The van der Waals surface area contributed by atoms with Crippen LogP contribution in [-0.4, -0.2) is 18.4 Å². The summed E-state index contributed by atoms with van der Waals surface area (Å²) in [6.07, 6.45) is 2.94. The van der Waals surface area contributed by atoms with Gasteiger partial charge in [-0.2, -0.15) is 5.26 Å². The number of rotatable bonds is 3.